The molecule has 23 heavy (non-hydrogen) atoms. The van der Waals surface area contributed by atoms with Gasteiger partial charge in [-0.15, -0.1) is 24.8 Å². The van der Waals surface area contributed by atoms with E-state index < -0.39 is 6.04 Å². The van der Waals surface area contributed by atoms with Crippen LogP contribution in [-0.2, 0) is 11.2 Å². The molecule has 0 radical (unpaired) electrons. The Morgan fingerprint density at radius 2 is 1.96 bits per heavy atom. The molecule has 1 aromatic rings. The Bertz CT molecular complexity index is 500. The van der Waals surface area contributed by atoms with E-state index in [4.69, 9.17) is 5.73 Å². The summed E-state index contributed by atoms with van der Waals surface area (Å²) in [5.41, 5.74) is 7.30. The van der Waals surface area contributed by atoms with Gasteiger partial charge in [-0.1, -0.05) is 30.3 Å². The third-order valence-corrected chi connectivity index (χ3v) is 4.84. The molecule has 2 aliphatic rings. The molecule has 0 aliphatic carbocycles. The van der Waals surface area contributed by atoms with Gasteiger partial charge in [0.05, 0.1) is 6.04 Å². The van der Waals surface area contributed by atoms with Crippen molar-refractivity contribution < 1.29 is 4.79 Å². The van der Waals surface area contributed by atoms with Crippen LogP contribution in [0.5, 0.6) is 0 Å². The molecule has 0 saturated carbocycles. The Morgan fingerprint density at radius 3 is 2.65 bits per heavy atom. The first kappa shape index (κ1) is 20.2. The molecule has 0 spiro atoms. The van der Waals surface area contributed by atoms with E-state index in [1.54, 1.807) is 0 Å². The zero-order valence-corrected chi connectivity index (χ0v) is 15.2. The van der Waals surface area contributed by atoms with Crippen LogP contribution >= 0.6 is 24.8 Å². The van der Waals surface area contributed by atoms with Crippen molar-refractivity contribution in [3.05, 3.63) is 35.9 Å². The van der Waals surface area contributed by atoms with Crippen LogP contribution in [0.4, 0.5) is 0 Å². The Kier molecular flexibility index (Phi) is 7.81. The monoisotopic (exact) mass is 359 g/mol. The van der Waals surface area contributed by atoms with Crippen LogP contribution < -0.4 is 5.73 Å². The number of carbonyl (C=O) groups is 1. The molecule has 3 unspecified atom stereocenters. The minimum absolute atomic E-state index is 0. The van der Waals surface area contributed by atoms with Crippen LogP contribution in [0.15, 0.2) is 30.3 Å². The standard InChI is InChI=1S/C17H25N3O.2ClH/c1-13-11-19-9-5-8-15(19)12-20(13)17(21)16(18)10-14-6-3-2-4-7-14;;/h2-4,6-7,13,15-16H,5,8-12,18H2,1H3;2*1H. The molecule has 1 amide bonds. The van der Waals surface area contributed by atoms with E-state index in [1.165, 1.54) is 19.4 Å². The molecule has 0 bridgehead atoms. The van der Waals surface area contributed by atoms with Gasteiger partial charge in [0.25, 0.3) is 0 Å². The fraction of sp³-hybridized carbons (Fsp3) is 0.588. The van der Waals surface area contributed by atoms with Crippen molar-refractivity contribution in [3.63, 3.8) is 0 Å². The van der Waals surface area contributed by atoms with E-state index in [2.05, 4.69) is 11.8 Å². The normalized spacial score (nSPS) is 25.0. The Morgan fingerprint density at radius 1 is 1.26 bits per heavy atom. The molecule has 1 aromatic carbocycles. The molecule has 2 fully saturated rings. The van der Waals surface area contributed by atoms with Gasteiger partial charge in [-0.3, -0.25) is 9.69 Å². The number of hydrogen-bond donors (Lipinski definition) is 1. The zero-order chi connectivity index (χ0) is 14.8. The molecular weight excluding hydrogens is 333 g/mol. The van der Waals surface area contributed by atoms with Crippen LogP contribution in [0.2, 0.25) is 0 Å². The van der Waals surface area contributed by atoms with Crippen molar-refractivity contribution in [2.24, 2.45) is 5.73 Å². The first-order chi connectivity index (χ1) is 10.1. The number of hydrogen-bond acceptors (Lipinski definition) is 3. The average molecular weight is 360 g/mol. The van der Waals surface area contributed by atoms with Gasteiger partial charge >= 0.3 is 0 Å². The largest absolute Gasteiger partial charge is 0.336 e. The highest BCUT2D eigenvalue weighted by atomic mass is 35.5. The number of halogens is 2. The summed E-state index contributed by atoms with van der Waals surface area (Å²) in [5, 5.41) is 0. The van der Waals surface area contributed by atoms with Crippen molar-refractivity contribution in [2.45, 2.75) is 44.3 Å². The minimum atomic E-state index is -0.428. The Labute approximate surface area is 151 Å². The number of benzene rings is 1. The second-order valence-electron chi connectivity index (χ2n) is 6.43. The molecule has 3 rings (SSSR count). The van der Waals surface area contributed by atoms with E-state index in [0.29, 0.717) is 12.5 Å². The fourth-order valence-electron chi connectivity index (χ4n) is 3.66. The second-order valence-corrected chi connectivity index (χ2v) is 6.43. The lowest BCUT2D eigenvalue weighted by atomic mass is 10.0. The molecule has 0 aromatic heterocycles. The summed E-state index contributed by atoms with van der Waals surface area (Å²) >= 11 is 0. The lowest BCUT2D eigenvalue weighted by Gasteiger charge is -2.43. The van der Waals surface area contributed by atoms with Crippen LogP contribution in [0.3, 0.4) is 0 Å². The van der Waals surface area contributed by atoms with Gasteiger partial charge in [-0.2, -0.15) is 0 Å². The van der Waals surface area contributed by atoms with Crippen molar-refractivity contribution in [3.8, 4) is 0 Å². The number of rotatable bonds is 3. The number of fused-ring (bicyclic) bond motifs is 1. The van der Waals surface area contributed by atoms with Crippen molar-refractivity contribution in [1.82, 2.24) is 9.80 Å². The van der Waals surface area contributed by atoms with Gasteiger partial charge in [-0.25, -0.2) is 0 Å². The molecule has 130 valence electrons. The van der Waals surface area contributed by atoms with Crippen LogP contribution in [0.1, 0.15) is 25.3 Å². The highest BCUT2D eigenvalue weighted by Gasteiger charge is 2.37. The van der Waals surface area contributed by atoms with Gasteiger partial charge in [0.1, 0.15) is 0 Å². The van der Waals surface area contributed by atoms with Crippen molar-refractivity contribution >= 4 is 30.7 Å². The highest BCUT2D eigenvalue weighted by Crippen LogP contribution is 2.25. The quantitative estimate of drug-likeness (QED) is 0.898. The van der Waals surface area contributed by atoms with Gasteiger partial charge in [0.2, 0.25) is 5.91 Å². The zero-order valence-electron chi connectivity index (χ0n) is 13.6. The number of piperazine rings is 1. The van der Waals surface area contributed by atoms with Crippen molar-refractivity contribution in [2.75, 3.05) is 19.6 Å². The summed E-state index contributed by atoms with van der Waals surface area (Å²) in [4.78, 5) is 17.2. The first-order valence-corrected chi connectivity index (χ1v) is 7.99. The van der Waals surface area contributed by atoms with Crippen LogP contribution in [-0.4, -0.2) is 53.5 Å². The molecule has 6 heteroatoms. The van der Waals surface area contributed by atoms with Gasteiger partial charge < -0.3 is 10.6 Å². The summed E-state index contributed by atoms with van der Waals surface area (Å²) in [5.74, 6) is 0.109. The third kappa shape index (κ3) is 4.60. The van der Waals surface area contributed by atoms with Gasteiger partial charge in [-0.05, 0) is 38.3 Å². The van der Waals surface area contributed by atoms with E-state index in [-0.39, 0.29) is 36.8 Å². The number of nitrogens with two attached hydrogens (primary N) is 1. The number of nitrogens with zero attached hydrogens (tertiary/aromatic N) is 2. The number of amides is 1. The minimum Gasteiger partial charge on any atom is -0.336 e. The highest BCUT2D eigenvalue weighted by molar-refractivity contribution is 5.85. The average Bonchev–Trinajstić information content (AvgIpc) is 2.93. The van der Waals surface area contributed by atoms with Crippen molar-refractivity contribution in [1.29, 1.82) is 0 Å². The van der Waals surface area contributed by atoms with E-state index in [0.717, 1.165) is 18.7 Å². The molecule has 2 saturated heterocycles. The Hall–Kier alpha value is -0.810. The van der Waals surface area contributed by atoms with Gasteiger partial charge in [0.15, 0.2) is 0 Å². The maximum absolute atomic E-state index is 12.7. The predicted molar refractivity (Wildman–Crippen MR) is 98.4 cm³/mol. The van der Waals surface area contributed by atoms with E-state index in [9.17, 15) is 4.79 Å². The van der Waals surface area contributed by atoms with E-state index in [1.807, 2.05) is 35.2 Å². The summed E-state index contributed by atoms with van der Waals surface area (Å²) in [6.45, 7) is 5.17. The topological polar surface area (TPSA) is 49.6 Å². The SMILES string of the molecule is CC1CN2CCCC2CN1C(=O)C(N)Cc1ccccc1.Cl.Cl. The summed E-state index contributed by atoms with van der Waals surface area (Å²) in [7, 11) is 0. The maximum Gasteiger partial charge on any atom is 0.240 e. The predicted octanol–water partition coefficient (Wildman–Crippen LogP) is 2.10. The van der Waals surface area contributed by atoms with Crippen LogP contribution in [0.25, 0.3) is 0 Å². The second kappa shape index (κ2) is 8.88. The lowest BCUT2D eigenvalue weighted by molar-refractivity contribution is -0.138. The molecule has 4 nitrogen and oxygen atoms in total. The van der Waals surface area contributed by atoms with E-state index >= 15 is 0 Å². The first-order valence-electron chi connectivity index (χ1n) is 7.99. The summed E-state index contributed by atoms with van der Waals surface area (Å²) < 4.78 is 0. The molecule has 2 heterocycles. The maximum atomic E-state index is 12.7. The molecule has 3 atom stereocenters. The third-order valence-electron chi connectivity index (χ3n) is 4.84. The summed E-state index contributed by atoms with van der Waals surface area (Å²) in [6, 6.07) is 10.4. The van der Waals surface area contributed by atoms with Gasteiger partial charge in [0, 0.05) is 25.2 Å². The molecule has 2 N–H and O–H groups in total. The molecular formula is C17H27Cl2N3O. The fourth-order valence-corrected chi connectivity index (χ4v) is 3.66. The lowest BCUT2D eigenvalue weighted by Crippen LogP contribution is -2.60. The summed E-state index contributed by atoms with van der Waals surface area (Å²) in [6.07, 6.45) is 3.09. The van der Waals surface area contributed by atoms with Crippen LogP contribution in [0, 0.1) is 0 Å². The Balaban J connectivity index is 0.00000132. The smallest absolute Gasteiger partial charge is 0.240 e. The number of carbonyl (C=O) groups excluding carboxylic acids is 1. The molecule has 2 aliphatic heterocycles.